The first-order valence-electron chi connectivity index (χ1n) is 7.97. The van der Waals surface area contributed by atoms with Gasteiger partial charge in [0.15, 0.2) is 5.69 Å². The summed E-state index contributed by atoms with van der Waals surface area (Å²) in [6.07, 6.45) is 2.47. The van der Waals surface area contributed by atoms with E-state index in [0.717, 1.165) is 6.42 Å². The molecule has 8 heteroatoms. The smallest absolute Gasteiger partial charge is 0.317 e. The number of rotatable bonds is 7. The molecule has 24 heavy (non-hydrogen) atoms. The molecule has 1 aliphatic heterocycles. The van der Waals surface area contributed by atoms with Crippen molar-refractivity contribution in [2.45, 2.75) is 13.0 Å². The quantitative estimate of drug-likeness (QED) is 0.763. The Morgan fingerprint density at radius 3 is 2.83 bits per heavy atom. The van der Waals surface area contributed by atoms with Crippen LogP contribution >= 0.6 is 0 Å². The van der Waals surface area contributed by atoms with E-state index in [0.29, 0.717) is 32.7 Å². The fraction of sp³-hybridized carbons (Fsp3) is 0.375. The minimum Gasteiger partial charge on any atom is -0.349 e. The van der Waals surface area contributed by atoms with Gasteiger partial charge < -0.3 is 15.5 Å². The van der Waals surface area contributed by atoms with Crippen LogP contribution in [0.2, 0.25) is 0 Å². The van der Waals surface area contributed by atoms with Crippen molar-refractivity contribution in [3.8, 4) is 0 Å². The van der Waals surface area contributed by atoms with Gasteiger partial charge >= 0.3 is 6.03 Å². The highest BCUT2D eigenvalue weighted by Crippen LogP contribution is 2.02. The summed E-state index contributed by atoms with van der Waals surface area (Å²) < 4.78 is 1.66. The molecule has 1 aliphatic rings. The third kappa shape index (κ3) is 4.09. The Morgan fingerprint density at radius 2 is 2.08 bits per heavy atom. The second kappa shape index (κ2) is 7.58. The highest BCUT2D eigenvalue weighted by atomic mass is 16.2. The predicted octanol–water partition coefficient (Wildman–Crippen LogP) is 0.276. The average Bonchev–Trinajstić information content (AvgIpc) is 3.23. The van der Waals surface area contributed by atoms with Crippen molar-refractivity contribution < 1.29 is 9.59 Å². The molecular formula is C16H20N6O2. The Bertz CT molecular complexity index is 700. The Hall–Kier alpha value is -2.90. The van der Waals surface area contributed by atoms with Crippen molar-refractivity contribution in [1.29, 1.82) is 0 Å². The number of benzene rings is 1. The molecule has 1 aromatic heterocycles. The number of aryl methyl sites for hydroxylation is 2. The van der Waals surface area contributed by atoms with Gasteiger partial charge in [0.05, 0.1) is 6.20 Å². The van der Waals surface area contributed by atoms with Crippen LogP contribution in [0.15, 0.2) is 36.5 Å². The number of nitrogens with zero attached hydrogens (tertiary/aromatic N) is 4. The molecule has 0 bridgehead atoms. The summed E-state index contributed by atoms with van der Waals surface area (Å²) in [6, 6.07) is 9.99. The summed E-state index contributed by atoms with van der Waals surface area (Å²) in [5.41, 5.74) is 1.50. The Balaban J connectivity index is 1.44. The van der Waals surface area contributed by atoms with Gasteiger partial charge in [-0.25, -0.2) is 4.79 Å². The zero-order valence-corrected chi connectivity index (χ0v) is 13.3. The summed E-state index contributed by atoms with van der Waals surface area (Å²) in [4.78, 5) is 25.1. The predicted molar refractivity (Wildman–Crippen MR) is 87.5 cm³/mol. The second-order valence-corrected chi connectivity index (χ2v) is 5.58. The van der Waals surface area contributed by atoms with Crippen molar-refractivity contribution >= 4 is 11.9 Å². The molecule has 3 amide bonds. The Kier molecular flexibility index (Phi) is 5.05. The number of carbonyl (C=O) groups is 2. The fourth-order valence-electron chi connectivity index (χ4n) is 2.52. The molecule has 2 aromatic rings. The van der Waals surface area contributed by atoms with Crippen LogP contribution in [-0.2, 0) is 13.0 Å². The van der Waals surface area contributed by atoms with E-state index < -0.39 is 0 Å². The molecule has 8 nitrogen and oxygen atoms in total. The van der Waals surface area contributed by atoms with E-state index in [4.69, 9.17) is 0 Å². The van der Waals surface area contributed by atoms with Gasteiger partial charge in [0.25, 0.3) is 5.91 Å². The van der Waals surface area contributed by atoms with Gasteiger partial charge in [-0.3, -0.25) is 9.48 Å². The number of hydrogen-bond acceptors (Lipinski definition) is 4. The van der Waals surface area contributed by atoms with Crippen molar-refractivity contribution in [3.63, 3.8) is 0 Å². The van der Waals surface area contributed by atoms with E-state index in [1.54, 1.807) is 15.8 Å². The first kappa shape index (κ1) is 16.0. The topological polar surface area (TPSA) is 92.2 Å². The number of urea groups is 1. The first-order valence-corrected chi connectivity index (χ1v) is 7.97. The molecule has 3 rings (SSSR count). The zero-order valence-electron chi connectivity index (χ0n) is 13.3. The van der Waals surface area contributed by atoms with Gasteiger partial charge in [-0.1, -0.05) is 35.5 Å². The number of nitrogens with one attached hydrogen (secondary N) is 2. The highest BCUT2D eigenvalue weighted by Gasteiger charge is 2.19. The molecule has 126 valence electrons. The van der Waals surface area contributed by atoms with Crippen LogP contribution in [0.1, 0.15) is 16.1 Å². The number of aromatic nitrogens is 3. The normalized spacial score (nSPS) is 13.8. The van der Waals surface area contributed by atoms with E-state index in [1.807, 2.05) is 18.2 Å². The summed E-state index contributed by atoms with van der Waals surface area (Å²) in [6.45, 7) is 2.87. The van der Waals surface area contributed by atoms with Gasteiger partial charge in [-0.2, -0.15) is 0 Å². The zero-order chi connectivity index (χ0) is 16.8. The van der Waals surface area contributed by atoms with Crippen LogP contribution in [0.5, 0.6) is 0 Å². The van der Waals surface area contributed by atoms with Gasteiger partial charge in [0.1, 0.15) is 0 Å². The lowest BCUT2D eigenvalue weighted by Gasteiger charge is -2.13. The largest absolute Gasteiger partial charge is 0.349 e. The van der Waals surface area contributed by atoms with Crippen molar-refractivity contribution in [2.75, 3.05) is 26.2 Å². The van der Waals surface area contributed by atoms with Crippen LogP contribution in [-0.4, -0.2) is 58.0 Å². The van der Waals surface area contributed by atoms with E-state index in [-0.39, 0.29) is 17.6 Å². The van der Waals surface area contributed by atoms with E-state index in [9.17, 15) is 9.59 Å². The van der Waals surface area contributed by atoms with Gasteiger partial charge in [0, 0.05) is 32.7 Å². The van der Waals surface area contributed by atoms with E-state index in [1.165, 1.54) is 5.56 Å². The average molecular weight is 328 g/mol. The van der Waals surface area contributed by atoms with Crippen molar-refractivity contribution in [2.24, 2.45) is 0 Å². The van der Waals surface area contributed by atoms with Crippen LogP contribution < -0.4 is 10.6 Å². The van der Waals surface area contributed by atoms with Crippen LogP contribution in [0.4, 0.5) is 4.79 Å². The number of hydrogen-bond donors (Lipinski definition) is 2. The minimum absolute atomic E-state index is 0.0869. The van der Waals surface area contributed by atoms with Crippen LogP contribution in [0.25, 0.3) is 0 Å². The molecule has 1 fully saturated rings. The standard InChI is InChI=1S/C16H20N6O2/c23-15(17-7-10-21-11-8-18-16(21)24)14-12-22(20-19-14)9-6-13-4-2-1-3-5-13/h1-5,12H,6-11H2,(H,17,23)(H,18,24). The van der Waals surface area contributed by atoms with Crippen molar-refractivity contribution in [3.05, 3.63) is 47.8 Å². The summed E-state index contributed by atoms with van der Waals surface area (Å²) in [5.74, 6) is -0.277. The van der Waals surface area contributed by atoms with E-state index in [2.05, 4.69) is 33.1 Å². The molecule has 2 N–H and O–H groups in total. The molecule has 0 spiro atoms. The van der Waals surface area contributed by atoms with Crippen LogP contribution in [0.3, 0.4) is 0 Å². The summed E-state index contributed by atoms with van der Waals surface area (Å²) >= 11 is 0. The third-order valence-corrected chi connectivity index (χ3v) is 3.86. The highest BCUT2D eigenvalue weighted by molar-refractivity contribution is 5.91. The fourth-order valence-corrected chi connectivity index (χ4v) is 2.52. The molecule has 0 unspecified atom stereocenters. The maximum atomic E-state index is 12.0. The maximum absolute atomic E-state index is 12.0. The van der Waals surface area contributed by atoms with Gasteiger partial charge in [0.2, 0.25) is 0 Å². The third-order valence-electron chi connectivity index (χ3n) is 3.86. The lowest BCUT2D eigenvalue weighted by molar-refractivity contribution is 0.0945. The first-order chi connectivity index (χ1) is 11.7. The van der Waals surface area contributed by atoms with Gasteiger partial charge in [-0.15, -0.1) is 5.10 Å². The molecule has 1 saturated heterocycles. The van der Waals surface area contributed by atoms with Crippen molar-refractivity contribution in [1.82, 2.24) is 30.5 Å². The SMILES string of the molecule is O=C(NCCN1CCNC1=O)c1cn(CCc2ccccc2)nn1. The lowest BCUT2D eigenvalue weighted by atomic mass is 10.1. The molecule has 0 radical (unpaired) electrons. The second-order valence-electron chi connectivity index (χ2n) is 5.58. The molecular weight excluding hydrogens is 308 g/mol. The lowest BCUT2D eigenvalue weighted by Crippen LogP contribution is -2.36. The number of amides is 3. The molecule has 2 heterocycles. The van der Waals surface area contributed by atoms with Gasteiger partial charge in [-0.05, 0) is 12.0 Å². The van der Waals surface area contributed by atoms with E-state index >= 15 is 0 Å². The maximum Gasteiger partial charge on any atom is 0.317 e. The molecule has 0 aliphatic carbocycles. The van der Waals surface area contributed by atoms with Crippen LogP contribution in [0, 0.1) is 0 Å². The Labute approximate surface area is 139 Å². The molecule has 1 aromatic carbocycles. The monoisotopic (exact) mass is 328 g/mol. The molecule has 0 atom stereocenters. The Morgan fingerprint density at radius 1 is 1.25 bits per heavy atom. The minimum atomic E-state index is -0.277. The molecule has 0 saturated carbocycles. The number of carbonyl (C=O) groups excluding carboxylic acids is 2. The summed E-state index contributed by atoms with van der Waals surface area (Å²) in [7, 11) is 0. The summed E-state index contributed by atoms with van der Waals surface area (Å²) in [5, 5.41) is 13.4.